The van der Waals surface area contributed by atoms with Crippen LogP contribution < -0.4 is 0 Å². The molecule has 0 aromatic carbocycles. The molecule has 0 rings (SSSR count). The molecule has 0 bridgehead atoms. The van der Waals surface area contributed by atoms with Gasteiger partial charge in [-0.3, -0.25) is 0 Å². The highest BCUT2D eigenvalue weighted by molar-refractivity contribution is 6.74. The van der Waals surface area contributed by atoms with Crippen molar-refractivity contribution in [1.82, 2.24) is 0 Å². The van der Waals surface area contributed by atoms with Gasteiger partial charge in [0.15, 0.2) is 8.32 Å². The van der Waals surface area contributed by atoms with E-state index in [4.69, 9.17) is 4.43 Å². The predicted octanol–water partition coefficient (Wildman–Crippen LogP) is 3.16. The van der Waals surface area contributed by atoms with Crippen molar-refractivity contribution in [3.63, 3.8) is 0 Å². The average Bonchev–Trinajstić information content (AvgIpc) is 2.23. The first kappa shape index (κ1) is 18.1. The van der Waals surface area contributed by atoms with Crippen LogP contribution in [-0.4, -0.2) is 36.8 Å². The van der Waals surface area contributed by atoms with Gasteiger partial charge in [-0.15, -0.1) is 0 Å². The second-order valence-corrected chi connectivity index (χ2v) is 11.7. The third kappa shape index (κ3) is 4.65. The van der Waals surface area contributed by atoms with E-state index in [-0.39, 0.29) is 17.1 Å². The average molecular weight is 276 g/mol. The van der Waals surface area contributed by atoms with Gasteiger partial charge in [0.25, 0.3) is 0 Å². The number of rotatable bonds is 6. The van der Waals surface area contributed by atoms with E-state index in [2.05, 4.69) is 33.9 Å². The summed E-state index contributed by atoms with van der Waals surface area (Å²) in [6.45, 7) is 16.6. The highest BCUT2D eigenvalue weighted by Gasteiger charge is 2.40. The second kappa shape index (κ2) is 6.50. The van der Waals surface area contributed by atoms with Crippen molar-refractivity contribution in [2.45, 2.75) is 84.4 Å². The molecular formula is C14H32O3Si. The van der Waals surface area contributed by atoms with Crippen molar-refractivity contribution in [3.8, 4) is 0 Å². The third-order valence-electron chi connectivity index (χ3n) is 4.33. The van der Waals surface area contributed by atoms with Crippen LogP contribution in [0.15, 0.2) is 0 Å². The number of aliphatic hydroxyl groups excluding tert-OH is 2. The molecule has 18 heavy (non-hydrogen) atoms. The van der Waals surface area contributed by atoms with Crippen LogP contribution in [0.1, 0.15) is 48.0 Å². The first-order valence-corrected chi connectivity index (χ1v) is 9.88. The maximum atomic E-state index is 10.3. The summed E-state index contributed by atoms with van der Waals surface area (Å²) in [5, 5.41) is 20.2. The minimum atomic E-state index is -1.86. The van der Waals surface area contributed by atoms with Crippen LogP contribution in [0.5, 0.6) is 0 Å². The van der Waals surface area contributed by atoms with E-state index in [9.17, 15) is 10.2 Å². The van der Waals surface area contributed by atoms with Gasteiger partial charge in [-0.2, -0.15) is 0 Å². The predicted molar refractivity (Wildman–Crippen MR) is 79.2 cm³/mol. The van der Waals surface area contributed by atoms with Crippen molar-refractivity contribution >= 4 is 8.32 Å². The lowest BCUT2D eigenvalue weighted by Gasteiger charge is -2.40. The second-order valence-electron chi connectivity index (χ2n) is 6.91. The molecule has 0 unspecified atom stereocenters. The molecule has 0 saturated heterocycles. The summed E-state index contributed by atoms with van der Waals surface area (Å²) in [5.74, 6) is -0.158. The summed E-state index contributed by atoms with van der Waals surface area (Å²) in [5.41, 5.74) is 0. The van der Waals surface area contributed by atoms with Gasteiger partial charge in [0, 0.05) is 5.92 Å². The molecule has 0 aromatic rings. The SMILES string of the molecule is CC[C@H](O)[C@H](C)[C@@H](O)[C@H](C)O[Si](C)(C)C(C)(C)C. The molecule has 0 saturated carbocycles. The maximum absolute atomic E-state index is 10.3. The summed E-state index contributed by atoms with van der Waals surface area (Å²) in [6, 6.07) is 0. The summed E-state index contributed by atoms with van der Waals surface area (Å²) in [6.07, 6.45) is -0.660. The monoisotopic (exact) mass is 276 g/mol. The molecule has 3 nitrogen and oxygen atoms in total. The first-order valence-electron chi connectivity index (χ1n) is 6.98. The van der Waals surface area contributed by atoms with Crippen LogP contribution in [-0.2, 0) is 4.43 Å². The molecule has 0 aromatic heterocycles. The normalized spacial score (nSPS) is 20.3. The molecule has 0 spiro atoms. The van der Waals surface area contributed by atoms with Crippen LogP contribution in [0.4, 0.5) is 0 Å². The van der Waals surface area contributed by atoms with E-state index < -0.39 is 20.5 Å². The highest BCUT2D eigenvalue weighted by atomic mass is 28.4. The molecule has 0 heterocycles. The molecular weight excluding hydrogens is 244 g/mol. The Labute approximate surface area is 114 Å². The van der Waals surface area contributed by atoms with Crippen molar-refractivity contribution in [2.24, 2.45) is 5.92 Å². The Kier molecular flexibility index (Phi) is 6.54. The number of hydrogen-bond acceptors (Lipinski definition) is 3. The van der Waals surface area contributed by atoms with Crippen molar-refractivity contribution in [1.29, 1.82) is 0 Å². The smallest absolute Gasteiger partial charge is 0.192 e. The highest BCUT2D eigenvalue weighted by Crippen LogP contribution is 2.38. The molecule has 0 aliphatic rings. The van der Waals surface area contributed by atoms with E-state index in [1.165, 1.54) is 0 Å². The fourth-order valence-electron chi connectivity index (χ4n) is 1.74. The van der Waals surface area contributed by atoms with E-state index in [1.807, 2.05) is 20.8 Å². The molecule has 0 amide bonds. The zero-order valence-electron chi connectivity index (χ0n) is 13.3. The zero-order valence-corrected chi connectivity index (χ0v) is 14.3. The topological polar surface area (TPSA) is 49.7 Å². The Bertz CT molecular complexity index is 248. The minimum Gasteiger partial charge on any atom is -0.412 e. The van der Waals surface area contributed by atoms with E-state index >= 15 is 0 Å². The lowest BCUT2D eigenvalue weighted by Crippen LogP contribution is -2.48. The molecule has 0 fully saturated rings. The van der Waals surface area contributed by atoms with E-state index in [0.717, 1.165) is 0 Å². The van der Waals surface area contributed by atoms with Gasteiger partial charge >= 0.3 is 0 Å². The van der Waals surface area contributed by atoms with Gasteiger partial charge in [0.2, 0.25) is 0 Å². The fraction of sp³-hybridized carbons (Fsp3) is 1.00. The molecule has 2 N–H and O–H groups in total. The van der Waals surface area contributed by atoms with Crippen molar-refractivity contribution < 1.29 is 14.6 Å². The molecule has 0 aliphatic heterocycles. The largest absolute Gasteiger partial charge is 0.412 e. The van der Waals surface area contributed by atoms with Gasteiger partial charge in [-0.25, -0.2) is 0 Å². The zero-order chi connectivity index (χ0) is 14.7. The molecule has 0 radical (unpaired) electrons. The Morgan fingerprint density at radius 2 is 1.56 bits per heavy atom. The summed E-state index contributed by atoms with van der Waals surface area (Å²) >= 11 is 0. The first-order chi connectivity index (χ1) is 7.94. The number of hydrogen-bond donors (Lipinski definition) is 2. The van der Waals surface area contributed by atoms with Crippen molar-refractivity contribution in [3.05, 3.63) is 0 Å². The Morgan fingerprint density at radius 3 is 1.89 bits per heavy atom. The van der Waals surface area contributed by atoms with E-state index in [1.54, 1.807) is 0 Å². The van der Waals surface area contributed by atoms with Gasteiger partial charge in [-0.1, -0.05) is 34.6 Å². The van der Waals surface area contributed by atoms with Crippen LogP contribution in [0.3, 0.4) is 0 Å². The van der Waals surface area contributed by atoms with Crippen LogP contribution in [0.25, 0.3) is 0 Å². The summed E-state index contributed by atoms with van der Waals surface area (Å²) in [4.78, 5) is 0. The van der Waals surface area contributed by atoms with Crippen LogP contribution >= 0.6 is 0 Å². The van der Waals surface area contributed by atoms with Gasteiger partial charge < -0.3 is 14.6 Å². The maximum Gasteiger partial charge on any atom is 0.192 e. The summed E-state index contributed by atoms with van der Waals surface area (Å²) < 4.78 is 6.16. The van der Waals surface area contributed by atoms with Gasteiger partial charge in [0.1, 0.15) is 0 Å². The lowest BCUT2D eigenvalue weighted by molar-refractivity contribution is -0.0398. The third-order valence-corrected chi connectivity index (χ3v) is 8.90. The van der Waals surface area contributed by atoms with Gasteiger partial charge in [-0.05, 0) is 31.5 Å². The Morgan fingerprint density at radius 1 is 1.11 bits per heavy atom. The Balaban J connectivity index is 4.63. The Hall–Kier alpha value is 0.0969. The standard InChI is InChI=1S/C14H32O3Si/c1-9-12(15)10(2)13(16)11(3)17-18(7,8)14(4,5)6/h10-13,15-16H,9H2,1-8H3/t10-,11-,12-,13+/m0/s1. The van der Waals surface area contributed by atoms with Crippen LogP contribution in [0, 0.1) is 5.92 Å². The van der Waals surface area contributed by atoms with Crippen molar-refractivity contribution in [2.75, 3.05) is 0 Å². The molecule has 0 aliphatic carbocycles. The van der Waals surface area contributed by atoms with E-state index in [0.29, 0.717) is 6.42 Å². The minimum absolute atomic E-state index is 0.133. The lowest BCUT2D eigenvalue weighted by atomic mass is 9.93. The van der Waals surface area contributed by atoms with Crippen LogP contribution in [0.2, 0.25) is 18.1 Å². The molecule has 110 valence electrons. The molecule has 4 atom stereocenters. The van der Waals surface area contributed by atoms with Gasteiger partial charge in [0.05, 0.1) is 18.3 Å². The fourth-order valence-corrected chi connectivity index (χ4v) is 3.16. The number of aliphatic hydroxyl groups is 2. The molecule has 4 heteroatoms. The summed E-state index contributed by atoms with van der Waals surface area (Å²) in [7, 11) is -1.86. The quantitative estimate of drug-likeness (QED) is 0.733.